The summed E-state index contributed by atoms with van der Waals surface area (Å²) >= 11 is 3.96. The number of nitro benzene ring substituents is 2. The number of methoxy groups -OCH3 is 1. The average molecular weight is 614 g/mol. The number of ether oxygens (including phenoxy) is 2. The number of benzene rings is 3. The molecule has 3 aromatic carbocycles. The predicted molar refractivity (Wildman–Crippen MR) is 144 cm³/mol. The minimum atomic E-state index is -0.805. The van der Waals surface area contributed by atoms with Crippen molar-refractivity contribution >= 4 is 62.1 Å². The monoisotopic (exact) mass is 613 g/mol. The van der Waals surface area contributed by atoms with E-state index in [0.29, 0.717) is 22.9 Å². The van der Waals surface area contributed by atoms with E-state index >= 15 is 0 Å². The van der Waals surface area contributed by atoms with Gasteiger partial charge in [-0.3, -0.25) is 39.5 Å². The van der Waals surface area contributed by atoms with Gasteiger partial charge in [-0.05, 0) is 53.7 Å². The third-order valence-electron chi connectivity index (χ3n) is 5.40. The SMILES string of the molecule is COc1cc(/C=C2/SC(=O)N(CC(=O)c3ccc(Br)cc3)C2=O)ccc1Oc1ccc([N+](=O)[O-])cc1[N+](=O)[O-]. The summed E-state index contributed by atoms with van der Waals surface area (Å²) < 4.78 is 11.7. The lowest BCUT2D eigenvalue weighted by molar-refractivity contribution is -0.394. The lowest BCUT2D eigenvalue weighted by Gasteiger charge is -2.12. The van der Waals surface area contributed by atoms with E-state index in [1.165, 1.54) is 31.4 Å². The summed E-state index contributed by atoms with van der Waals surface area (Å²) in [7, 11) is 1.33. The molecule has 0 aromatic heterocycles. The first-order valence-corrected chi connectivity index (χ1v) is 12.5. The summed E-state index contributed by atoms with van der Waals surface area (Å²) in [5.74, 6) is -1.06. The van der Waals surface area contributed by atoms with Crippen LogP contribution in [0.4, 0.5) is 16.2 Å². The molecule has 0 saturated carbocycles. The van der Waals surface area contributed by atoms with E-state index in [4.69, 9.17) is 9.47 Å². The first-order valence-electron chi connectivity index (χ1n) is 10.9. The smallest absolute Gasteiger partial charge is 0.318 e. The van der Waals surface area contributed by atoms with Crippen molar-refractivity contribution in [2.75, 3.05) is 13.7 Å². The van der Waals surface area contributed by atoms with Gasteiger partial charge in [-0.25, -0.2) is 0 Å². The number of nitro groups is 2. The van der Waals surface area contributed by atoms with Crippen LogP contribution < -0.4 is 9.47 Å². The van der Waals surface area contributed by atoms with E-state index < -0.39 is 44.7 Å². The first kappa shape index (κ1) is 27.5. The summed E-state index contributed by atoms with van der Waals surface area (Å²) in [6.07, 6.45) is 1.44. The van der Waals surface area contributed by atoms with E-state index in [1.54, 1.807) is 24.3 Å². The van der Waals surface area contributed by atoms with Crippen molar-refractivity contribution < 1.29 is 33.7 Å². The van der Waals surface area contributed by atoms with Crippen molar-refractivity contribution in [3.63, 3.8) is 0 Å². The zero-order valence-corrected chi connectivity index (χ0v) is 22.3. The number of non-ortho nitro benzene ring substituents is 1. The molecule has 12 nitrogen and oxygen atoms in total. The zero-order chi connectivity index (χ0) is 28.3. The molecule has 198 valence electrons. The number of hydrogen-bond acceptors (Lipinski definition) is 10. The van der Waals surface area contributed by atoms with Gasteiger partial charge in [0.25, 0.3) is 16.8 Å². The number of thioether (sulfide) groups is 1. The van der Waals surface area contributed by atoms with Gasteiger partial charge in [-0.2, -0.15) is 0 Å². The maximum atomic E-state index is 12.9. The van der Waals surface area contributed by atoms with Crippen LogP contribution in [0.15, 0.2) is 70.0 Å². The van der Waals surface area contributed by atoms with Crippen molar-refractivity contribution in [3.05, 3.63) is 101 Å². The Morgan fingerprint density at radius 2 is 1.67 bits per heavy atom. The molecule has 1 aliphatic heterocycles. The summed E-state index contributed by atoms with van der Waals surface area (Å²) in [6.45, 7) is -0.409. The predicted octanol–water partition coefficient (Wildman–Crippen LogP) is 5.99. The van der Waals surface area contributed by atoms with E-state index in [2.05, 4.69) is 15.9 Å². The number of rotatable bonds is 9. The number of nitrogens with zero attached hydrogens (tertiary/aromatic N) is 3. The van der Waals surface area contributed by atoms with Crippen LogP contribution in [0.5, 0.6) is 17.2 Å². The Morgan fingerprint density at radius 1 is 0.974 bits per heavy atom. The highest BCUT2D eigenvalue weighted by atomic mass is 79.9. The van der Waals surface area contributed by atoms with Gasteiger partial charge in [0.05, 0.1) is 34.5 Å². The topological polar surface area (TPSA) is 159 Å². The van der Waals surface area contributed by atoms with Crippen LogP contribution in [0.25, 0.3) is 6.08 Å². The van der Waals surface area contributed by atoms with Crippen molar-refractivity contribution in [1.82, 2.24) is 4.90 Å². The number of halogens is 1. The normalized spacial score (nSPS) is 14.0. The fraction of sp³-hybridized carbons (Fsp3) is 0.0800. The summed E-state index contributed by atoms with van der Waals surface area (Å²) in [5, 5.41) is 21.8. The minimum Gasteiger partial charge on any atom is -0.493 e. The van der Waals surface area contributed by atoms with E-state index in [-0.39, 0.29) is 22.2 Å². The molecule has 2 amide bonds. The van der Waals surface area contributed by atoms with Crippen LogP contribution in [0.1, 0.15) is 15.9 Å². The molecule has 0 spiro atoms. The molecule has 1 aliphatic rings. The highest BCUT2D eigenvalue weighted by Crippen LogP contribution is 2.39. The van der Waals surface area contributed by atoms with E-state index in [0.717, 1.165) is 27.6 Å². The molecular weight excluding hydrogens is 598 g/mol. The molecule has 0 N–H and O–H groups in total. The molecule has 3 aromatic rings. The molecule has 0 bridgehead atoms. The second-order valence-corrected chi connectivity index (χ2v) is 9.79. The summed E-state index contributed by atoms with van der Waals surface area (Å²) in [6, 6.07) is 13.9. The summed E-state index contributed by atoms with van der Waals surface area (Å²) in [4.78, 5) is 59.7. The summed E-state index contributed by atoms with van der Waals surface area (Å²) in [5.41, 5.74) is -0.275. The molecule has 4 rings (SSSR count). The van der Waals surface area contributed by atoms with Crippen LogP contribution in [-0.2, 0) is 4.79 Å². The number of imide groups is 1. The van der Waals surface area contributed by atoms with Crippen LogP contribution in [0.3, 0.4) is 0 Å². The molecule has 0 aliphatic carbocycles. The Bertz CT molecular complexity index is 1560. The van der Waals surface area contributed by atoms with Gasteiger partial charge in [0, 0.05) is 16.1 Å². The van der Waals surface area contributed by atoms with Crippen LogP contribution in [-0.4, -0.2) is 45.3 Å². The number of ketones is 1. The molecule has 0 radical (unpaired) electrons. The lowest BCUT2D eigenvalue weighted by atomic mass is 10.1. The zero-order valence-electron chi connectivity index (χ0n) is 19.9. The Balaban J connectivity index is 1.54. The Morgan fingerprint density at radius 3 is 2.31 bits per heavy atom. The maximum absolute atomic E-state index is 12.9. The lowest BCUT2D eigenvalue weighted by Crippen LogP contribution is -2.33. The molecule has 0 atom stereocenters. The Hall–Kier alpha value is -4.56. The molecule has 39 heavy (non-hydrogen) atoms. The molecule has 14 heteroatoms. The van der Waals surface area contributed by atoms with Gasteiger partial charge in [0.15, 0.2) is 17.3 Å². The average Bonchev–Trinajstić information content (AvgIpc) is 3.16. The molecule has 0 unspecified atom stereocenters. The van der Waals surface area contributed by atoms with Crippen LogP contribution in [0.2, 0.25) is 0 Å². The largest absolute Gasteiger partial charge is 0.493 e. The first-order chi connectivity index (χ1) is 18.6. The highest BCUT2D eigenvalue weighted by molar-refractivity contribution is 9.10. The van der Waals surface area contributed by atoms with Crippen molar-refractivity contribution in [3.8, 4) is 17.2 Å². The van der Waals surface area contributed by atoms with E-state index in [1.807, 2.05) is 0 Å². The molecule has 1 heterocycles. The van der Waals surface area contributed by atoms with Gasteiger partial charge in [0.1, 0.15) is 0 Å². The molecule has 1 saturated heterocycles. The number of carbonyl (C=O) groups is 3. The fourth-order valence-electron chi connectivity index (χ4n) is 3.48. The van der Waals surface area contributed by atoms with Gasteiger partial charge in [-0.15, -0.1) is 0 Å². The standard InChI is InChI=1S/C25H16BrN3O9S/c1-37-22-10-14(2-8-21(22)38-20-9-7-17(28(33)34)12-18(20)29(35)36)11-23-24(31)27(25(32)39-23)13-19(30)15-3-5-16(26)6-4-15/h2-12H,13H2,1H3/b23-11+. The van der Waals surface area contributed by atoms with E-state index in [9.17, 15) is 34.6 Å². The van der Waals surface area contributed by atoms with Crippen LogP contribution >= 0.6 is 27.7 Å². The Kier molecular flexibility index (Phi) is 8.07. The highest BCUT2D eigenvalue weighted by Gasteiger charge is 2.36. The van der Waals surface area contributed by atoms with Crippen molar-refractivity contribution in [2.45, 2.75) is 0 Å². The van der Waals surface area contributed by atoms with Gasteiger partial charge < -0.3 is 9.47 Å². The number of amides is 2. The minimum absolute atomic E-state index is 0.0693. The van der Waals surface area contributed by atoms with Gasteiger partial charge >= 0.3 is 5.69 Å². The second kappa shape index (κ2) is 11.4. The third kappa shape index (κ3) is 6.13. The number of Topliss-reactive ketones (excluding diaryl/α,β-unsaturated/α-hetero) is 1. The number of hydrogen-bond donors (Lipinski definition) is 0. The molecule has 1 fully saturated rings. The Labute approximate surface area is 232 Å². The van der Waals surface area contributed by atoms with Gasteiger partial charge in [-0.1, -0.05) is 34.1 Å². The molecular formula is C25H16BrN3O9S. The fourth-order valence-corrected chi connectivity index (χ4v) is 4.59. The van der Waals surface area contributed by atoms with Crippen molar-refractivity contribution in [2.24, 2.45) is 0 Å². The van der Waals surface area contributed by atoms with Crippen LogP contribution in [0, 0.1) is 20.2 Å². The van der Waals surface area contributed by atoms with Gasteiger partial charge in [0.2, 0.25) is 5.75 Å². The number of carbonyl (C=O) groups excluding carboxylic acids is 3. The quantitative estimate of drug-likeness (QED) is 0.121. The van der Waals surface area contributed by atoms with Crippen molar-refractivity contribution in [1.29, 1.82) is 0 Å². The third-order valence-corrected chi connectivity index (χ3v) is 6.83. The maximum Gasteiger partial charge on any atom is 0.318 e. The second-order valence-electron chi connectivity index (χ2n) is 7.88.